The van der Waals surface area contributed by atoms with Gasteiger partial charge in [-0.3, -0.25) is 14.5 Å². The zero-order valence-electron chi connectivity index (χ0n) is 14.8. The van der Waals surface area contributed by atoms with E-state index in [0.29, 0.717) is 23.0 Å². The van der Waals surface area contributed by atoms with Crippen LogP contribution in [0.15, 0.2) is 18.2 Å². The highest BCUT2D eigenvalue weighted by molar-refractivity contribution is 6.31. The molecule has 1 aliphatic heterocycles. The number of hydrogen-bond acceptors (Lipinski definition) is 4. The predicted molar refractivity (Wildman–Crippen MR) is 99.1 cm³/mol. The summed E-state index contributed by atoms with van der Waals surface area (Å²) in [6.45, 7) is 4.53. The minimum Gasteiger partial charge on any atom is -0.495 e. The molecule has 6 nitrogen and oxygen atoms in total. The van der Waals surface area contributed by atoms with Crippen LogP contribution in [0.4, 0.5) is 5.69 Å². The highest BCUT2D eigenvalue weighted by Gasteiger charge is 2.25. The van der Waals surface area contributed by atoms with Crippen molar-refractivity contribution in [3.8, 4) is 5.75 Å². The molecule has 0 aliphatic carbocycles. The highest BCUT2D eigenvalue weighted by atomic mass is 35.5. The van der Waals surface area contributed by atoms with Gasteiger partial charge in [-0.1, -0.05) is 18.5 Å². The number of methoxy groups -OCH3 is 1. The topological polar surface area (TPSA) is 70.7 Å². The molecular formula is C18H26ClN3O3. The Balaban J connectivity index is 1.81. The van der Waals surface area contributed by atoms with E-state index in [2.05, 4.69) is 15.5 Å². The summed E-state index contributed by atoms with van der Waals surface area (Å²) in [5.74, 6) is 0.645. The first kappa shape index (κ1) is 19.5. The summed E-state index contributed by atoms with van der Waals surface area (Å²) in [6.07, 6.45) is 2.50. The number of ether oxygens (including phenoxy) is 1. The molecular weight excluding hydrogens is 342 g/mol. The third kappa shape index (κ3) is 5.90. The number of carbonyl (C=O) groups is 2. The van der Waals surface area contributed by atoms with E-state index in [1.54, 1.807) is 25.3 Å². The SMILES string of the molecule is CCCNC(=O)C1CCN(CC(=O)Nc2cc(Cl)ccc2OC)CC1. The van der Waals surface area contributed by atoms with Crippen molar-refractivity contribution >= 4 is 29.1 Å². The van der Waals surface area contributed by atoms with E-state index in [1.165, 1.54) is 0 Å². The van der Waals surface area contributed by atoms with Crippen LogP contribution in [0.3, 0.4) is 0 Å². The molecule has 1 aliphatic rings. The van der Waals surface area contributed by atoms with E-state index >= 15 is 0 Å². The first-order valence-corrected chi connectivity index (χ1v) is 9.04. The molecule has 1 saturated heterocycles. The van der Waals surface area contributed by atoms with Gasteiger partial charge in [0.2, 0.25) is 11.8 Å². The van der Waals surface area contributed by atoms with E-state index in [1.807, 2.05) is 6.92 Å². The molecule has 0 bridgehead atoms. The Bertz CT molecular complexity index is 601. The first-order valence-electron chi connectivity index (χ1n) is 8.67. The minimum atomic E-state index is -0.116. The van der Waals surface area contributed by atoms with Crippen molar-refractivity contribution in [3.05, 3.63) is 23.2 Å². The molecule has 1 fully saturated rings. The average Bonchev–Trinajstić information content (AvgIpc) is 2.60. The molecule has 0 spiro atoms. The maximum atomic E-state index is 12.3. The lowest BCUT2D eigenvalue weighted by molar-refractivity contribution is -0.126. The Labute approximate surface area is 153 Å². The Morgan fingerprint density at radius 2 is 2.04 bits per heavy atom. The van der Waals surface area contributed by atoms with E-state index in [-0.39, 0.29) is 17.7 Å². The maximum absolute atomic E-state index is 12.3. The number of anilines is 1. The Morgan fingerprint density at radius 1 is 1.32 bits per heavy atom. The van der Waals surface area contributed by atoms with Crippen LogP contribution >= 0.6 is 11.6 Å². The lowest BCUT2D eigenvalue weighted by Gasteiger charge is -2.30. The van der Waals surface area contributed by atoms with Gasteiger partial charge in [0, 0.05) is 17.5 Å². The van der Waals surface area contributed by atoms with Crippen molar-refractivity contribution < 1.29 is 14.3 Å². The van der Waals surface area contributed by atoms with Gasteiger partial charge in [0.1, 0.15) is 5.75 Å². The van der Waals surface area contributed by atoms with Crippen molar-refractivity contribution in [2.24, 2.45) is 5.92 Å². The Kier molecular flexibility index (Phi) is 7.52. The molecule has 2 N–H and O–H groups in total. The number of rotatable bonds is 7. The molecule has 0 atom stereocenters. The normalized spacial score (nSPS) is 15.6. The van der Waals surface area contributed by atoms with Crippen molar-refractivity contribution in [2.45, 2.75) is 26.2 Å². The number of carbonyl (C=O) groups excluding carboxylic acids is 2. The summed E-state index contributed by atoms with van der Waals surface area (Å²) >= 11 is 5.98. The van der Waals surface area contributed by atoms with Gasteiger partial charge in [-0.05, 0) is 50.6 Å². The molecule has 0 unspecified atom stereocenters. The molecule has 1 aromatic rings. The summed E-state index contributed by atoms with van der Waals surface area (Å²) in [4.78, 5) is 26.3. The Hall–Kier alpha value is -1.79. The van der Waals surface area contributed by atoms with Crippen LogP contribution < -0.4 is 15.4 Å². The lowest BCUT2D eigenvalue weighted by Crippen LogP contribution is -2.43. The summed E-state index contributed by atoms with van der Waals surface area (Å²) in [5.41, 5.74) is 0.564. The third-order valence-corrected chi connectivity index (χ3v) is 4.55. The number of benzene rings is 1. The first-order chi connectivity index (χ1) is 12.0. The second-order valence-corrected chi connectivity index (χ2v) is 6.67. The third-order valence-electron chi connectivity index (χ3n) is 4.31. The molecule has 0 radical (unpaired) electrons. The van der Waals surface area contributed by atoms with Crippen LogP contribution in [-0.2, 0) is 9.59 Å². The van der Waals surface area contributed by atoms with Gasteiger partial charge in [0.05, 0.1) is 19.3 Å². The number of nitrogens with one attached hydrogen (secondary N) is 2. The number of nitrogens with zero attached hydrogens (tertiary/aromatic N) is 1. The second-order valence-electron chi connectivity index (χ2n) is 6.23. The van der Waals surface area contributed by atoms with Crippen LogP contribution in [0.5, 0.6) is 5.75 Å². The van der Waals surface area contributed by atoms with Gasteiger partial charge >= 0.3 is 0 Å². The summed E-state index contributed by atoms with van der Waals surface area (Å²) in [7, 11) is 1.55. The van der Waals surface area contributed by atoms with Crippen LogP contribution in [0.2, 0.25) is 5.02 Å². The molecule has 2 rings (SSSR count). The fourth-order valence-corrected chi connectivity index (χ4v) is 3.09. The van der Waals surface area contributed by atoms with E-state index < -0.39 is 0 Å². The van der Waals surface area contributed by atoms with E-state index in [0.717, 1.165) is 38.9 Å². The smallest absolute Gasteiger partial charge is 0.238 e. The standard InChI is InChI=1S/C18H26ClN3O3/c1-3-8-20-18(24)13-6-9-22(10-7-13)12-17(23)21-15-11-14(19)4-5-16(15)25-2/h4-5,11,13H,3,6-10,12H2,1-2H3,(H,20,24)(H,21,23). The maximum Gasteiger partial charge on any atom is 0.238 e. The molecule has 2 amide bonds. The lowest BCUT2D eigenvalue weighted by atomic mass is 9.96. The molecule has 25 heavy (non-hydrogen) atoms. The summed E-state index contributed by atoms with van der Waals surface area (Å²) in [5, 5.41) is 6.32. The van der Waals surface area contributed by atoms with Gasteiger partial charge in [-0.15, -0.1) is 0 Å². The van der Waals surface area contributed by atoms with E-state index in [4.69, 9.17) is 16.3 Å². The van der Waals surface area contributed by atoms with Crippen molar-refractivity contribution in [1.29, 1.82) is 0 Å². The van der Waals surface area contributed by atoms with Crippen molar-refractivity contribution in [3.63, 3.8) is 0 Å². The van der Waals surface area contributed by atoms with Gasteiger partial charge in [0.25, 0.3) is 0 Å². The number of amides is 2. The fourth-order valence-electron chi connectivity index (χ4n) is 2.92. The van der Waals surface area contributed by atoms with E-state index in [9.17, 15) is 9.59 Å². The van der Waals surface area contributed by atoms with Crippen molar-refractivity contribution in [2.75, 3.05) is 38.6 Å². The number of piperidine rings is 1. The molecule has 7 heteroatoms. The number of hydrogen-bond donors (Lipinski definition) is 2. The molecule has 138 valence electrons. The van der Waals surface area contributed by atoms with Gasteiger partial charge < -0.3 is 15.4 Å². The van der Waals surface area contributed by atoms with Crippen molar-refractivity contribution in [1.82, 2.24) is 10.2 Å². The molecule has 0 saturated carbocycles. The minimum absolute atomic E-state index is 0.0545. The second kappa shape index (κ2) is 9.63. The monoisotopic (exact) mass is 367 g/mol. The van der Waals surface area contributed by atoms with Gasteiger partial charge in [0.15, 0.2) is 0 Å². The van der Waals surface area contributed by atoms with Gasteiger partial charge in [-0.2, -0.15) is 0 Å². The van der Waals surface area contributed by atoms with Crippen LogP contribution in [-0.4, -0.2) is 50.0 Å². The Morgan fingerprint density at radius 3 is 2.68 bits per heavy atom. The number of likely N-dealkylation sites (tertiary alicyclic amines) is 1. The zero-order valence-corrected chi connectivity index (χ0v) is 15.6. The largest absolute Gasteiger partial charge is 0.495 e. The fraction of sp³-hybridized carbons (Fsp3) is 0.556. The van der Waals surface area contributed by atoms with Gasteiger partial charge in [-0.25, -0.2) is 0 Å². The summed E-state index contributed by atoms with van der Waals surface area (Å²) in [6, 6.07) is 5.10. The van der Waals surface area contributed by atoms with Crippen LogP contribution in [0.25, 0.3) is 0 Å². The quantitative estimate of drug-likeness (QED) is 0.776. The zero-order chi connectivity index (χ0) is 18.2. The molecule has 1 heterocycles. The molecule has 0 aromatic heterocycles. The molecule has 1 aromatic carbocycles. The van der Waals surface area contributed by atoms with Crippen LogP contribution in [0.1, 0.15) is 26.2 Å². The van der Waals surface area contributed by atoms with Crippen LogP contribution in [0, 0.1) is 5.92 Å². The average molecular weight is 368 g/mol. The predicted octanol–water partition coefficient (Wildman–Crippen LogP) is 2.53. The number of halogens is 1. The summed E-state index contributed by atoms with van der Waals surface area (Å²) < 4.78 is 5.23. The highest BCUT2D eigenvalue weighted by Crippen LogP contribution is 2.27.